The first-order chi connectivity index (χ1) is 11.5. The summed E-state index contributed by atoms with van der Waals surface area (Å²) < 4.78 is 5.58. The van der Waals surface area contributed by atoms with Crippen molar-refractivity contribution in [2.75, 3.05) is 0 Å². The molecule has 0 aliphatic heterocycles. The largest absolute Gasteiger partial charge is 0.491 e. The summed E-state index contributed by atoms with van der Waals surface area (Å²) in [6.07, 6.45) is 3.45. The van der Waals surface area contributed by atoms with Gasteiger partial charge in [0.1, 0.15) is 5.75 Å². The van der Waals surface area contributed by atoms with Gasteiger partial charge in [0.25, 0.3) is 5.91 Å². The molecule has 1 aromatic heterocycles. The summed E-state index contributed by atoms with van der Waals surface area (Å²) in [6, 6.07) is 13.1. The van der Waals surface area contributed by atoms with E-state index in [1.54, 1.807) is 12.4 Å². The van der Waals surface area contributed by atoms with Gasteiger partial charge in [-0.15, -0.1) is 0 Å². The Kier molecular flexibility index (Phi) is 6.81. The summed E-state index contributed by atoms with van der Waals surface area (Å²) in [6.45, 7) is 5.78. The van der Waals surface area contributed by atoms with Gasteiger partial charge in [-0.05, 0) is 62.7 Å². The van der Waals surface area contributed by atoms with Crippen LogP contribution in [0.5, 0.6) is 5.75 Å². The number of hydrazone groups is 1. The molecule has 0 fully saturated rings. The lowest BCUT2D eigenvalue weighted by molar-refractivity contribution is -0.120. The normalized spacial score (nSPS) is 12.3. The number of hydrogen-bond acceptors (Lipinski definition) is 5. The van der Waals surface area contributed by atoms with Crippen molar-refractivity contribution < 1.29 is 9.53 Å². The number of nitrogens with zero attached hydrogens (tertiary/aromatic N) is 2. The predicted molar refractivity (Wildman–Crippen MR) is 97.5 cm³/mol. The van der Waals surface area contributed by atoms with Gasteiger partial charge in [0.2, 0.25) is 0 Å². The van der Waals surface area contributed by atoms with E-state index in [1.807, 2.05) is 63.2 Å². The molecule has 0 bridgehead atoms. The molecule has 6 heteroatoms. The first kappa shape index (κ1) is 18.0. The van der Waals surface area contributed by atoms with E-state index in [1.165, 1.54) is 11.8 Å². The highest BCUT2D eigenvalue weighted by molar-refractivity contribution is 8.00. The molecule has 1 N–H and O–H groups in total. The minimum atomic E-state index is -0.279. The number of benzene rings is 1. The molecule has 2 rings (SSSR count). The molecule has 0 aliphatic carbocycles. The third-order valence-corrected chi connectivity index (χ3v) is 4.00. The third kappa shape index (κ3) is 6.04. The van der Waals surface area contributed by atoms with Crippen molar-refractivity contribution in [3.8, 4) is 5.75 Å². The molecular weight excluding hydrogens is 322 g/mol. The molecule has 0 radical (unpaired) electrons. The van der Waals surface area contributed by atoms with Crippen LogP contribution in [0.15, 0.2) is 58.8 Å². The van der Waals surface area contributed by atoms with Crippen LogP contribution in [0.3, 0.4) is 0 Å². The Morgan fingerprint density at radius 2 is 1.96 bits per heavy atom. The molecule has 5 nitrogen and oxygen atoms in total. The zero-order chi connectivity index (χ0) is 17.4. The molecule has 1 unspecified atom stereocenters. The number of pyridine rings is 1. The fourth-order valence-electron chi connectivity index (χ4n) is 1.82. The molecule has 0 saturated carbocycles. The Morgan fingerprint density at radius 1 is 1.21 bits per heavy atom. The maximum atomic E-state index is 12.0. The maximum Gasteiger partial charge on any atom is 0.253 e. The summed E-state index contributed by atoms with van der Waals surface area (Å²) in [7, 11) is 0. The van der Waals surface area contributed by atoms with Gasteiger partial charge in [-0.1, -0.05) is 17.8 Å². The molecule has 0 spiro atoms. The number of amides is 1. The van der Waals surface area contributed by atoms with Crippen LogP contribution in [0.4, 0.5) is 0 Å². The monoisotopic (exact) mass is 343 g/mol. The van der Waals surface area contributed by atoms with E-state index >= 15 is 0 Å². The highest BCUT2D eigenvalue weighted by Gasteiger charge is 2.13. The van der Waals surface area contributed by atoms with E-state index in [2.05, 4.69) is 15.5 Å². The van der Waals surface area contributed by atoms with Crippen LogP contribution in [0.25, 0.3) is 0 Å². The lowest BCUT2D eigenvalue weighted by Gasteiger charge is -2.09. The lowest BCUT2D eigenvalue weighted by Crippen LogP contribution is -2.26. The average molecular weight is 343 g/mol. The molecular formula is C18H21N3O2S. The SMILES string of the molecule is CC(C)Oc1ccc(/C=N/NC(=O)C(C)Sc2ccccn2)cc1. The quantitative estimate of drug-likeness (QED) is 0.475. The van der Waals surface area contributed by atoms with Crippen molar-refractivity contribution in [1.29, 1.82) is 0 Å². The summed E-state index contributed by atoms with van der Waals surface area (Å²) in [5, 5.41) is 4.53. The Balaban J connectivity index is 1.83. The second kappa shape index (κ2) is 9.08. The molecule has 1 aromatic carbocycles. The van der Waals surface area contributed by atoms with Crippen LogP contribution >= 0.6 is 11.8 Å². The fraction of sp³-hybridized carbons (Fsp3) is 0.278. The molecule has 0 saturated heterocycles. The number of hydrogen-bond donors (Lipinski definition) is 1. The van der Waals surface area contributed by atoms with Crippen LogP contribution in [0, 0.1) is 0 Å². The van der Waals surface area contributed by atoms with E-state index in [0.717, 1.165) is 16.3 Å². The number of nitrogens with one attached hydrogen (secondary N) is 1. The highest BCUT2D eigenvalue weighted by atomic mass is 32.2. The summed E-state index contributed by atoms with van der Waals surface area (Å²) >= 11 is 1.39. The minimum Gasteiger partial charge on any atom is -0.491 e. The Morgan fingerprint density at radius 3 is 2.58 bits per heavy atom. The zero-order valence-corrected chi connectivity index (χ0v) is 14.8. The smallest absolute Gasteiger partial charge is 0.253 e. The molecule has 1 heterocycles. The number of carbonyl (C=O) groups is 1. The average Bonchev–Trinajstić information content (AvgIpc) is 2.56. The summed E-state index contributed by atoms with van der Waals surface area (Å²) in [5.74, 6) is 0.647. The van der Waals surface area contributed by atoms with Crippen molar-refractivity contribution in [3.05, 3.63) is 54.2 Å². The van der Waals surface area contributed by atoms with Gasteiger partial charge >= 0.3 is 0 Å². The van der Waals surface area contributed by atoms with Gasteiger partial charge in [0.05, 0.1) is 22.6 Å². The summed E-state index contributed by atoms with van der Waals surface area (Å²) in [4.78, 5) is 16.2. The van der Waals surface area contributed by atoms with Crippen molar-refractivity contribution >= 4 is 23.9 Å². The number of rotatable bonds is 7. The molecule has 126 valence electrons. The van der Waals surface area contributed by atoms with Crippen molar-refractivity contribution in [2.45, 2.75) is 37.2 Å². The van der Waals surface area contributed by atoms with Crippen molar-refractivity contribution in [3.63, 3.8) is 0 Å². The summed E-state index contributed by atoms with van der Waals surface area (Å²) in [5.41, 5.74) is 3.43. The molecule has 2 aromatic rings. The Hall–Kier alpha value is -2.34. The first-order valence-electron chi connectivity index (χ1n) is 7.72. The van der Waals surface area contributed by atoms with E-state index in [-0.39, 0.29) is 17.3 Å². The van der Waals surface area contributed by atoms with Crippen LogP contribution in [0.1, 0.15) is 26.3 Å². The molecule has 0 aliphatic rings. The van der Waals surface area contributed by atoms with E-state index in [9.17, 15) is 4.79 Å². The molecule has 1 amide bonds. The second-order valence-corrected chi connectivity index (χ2v) is 6.76. The fourth-order valence-corrected chi connectivity index (χ4v) is 2.62. The van der Waals surface area contributed by atoms with Gasteiger partial charge in [-0.2, -0.15) is 5.10 Å². The van der Waals surface area contributed by atoms with E-state index in [0.29, 0.717) is 0 Å². The maximum absolute atomic E-state index is 12.0. The first-order valence-corrected chi connectivity index (χ1v) is 8.60. The number of thioether (sulfide) groups is 1. The van der Waals surface area contributed by atoms with Gasteiger partial charge in [-0.25, -0.2) is 10.4 Å². The van der Waals surface area contributed by atoms with Crippen molar-refractivity contribution in [1.82, 2.24) is 10.4 Å². The van der Waals surface area contributed by atoms with Gasteiger partial charge < -0.3 is 4.74 Å². The van der Waals surface area contributed by atoms with E-state index in [4.69, 9.17) is 4.74 Å². The van der Waals surface area contributed by atoms with Crippen LogP contribution in [0.2, 0.25) is 0 Å². The van der Waals surface area contributed by atoms with Crippen LogP contribution < -0.4 is 10.2 Å². The van der Waals surface area contributed by atoms with Crippen LogP contribution in [-0.2, 0) is 4.79 Å². The van der Waals surface area contributed by atoms with Crippen LogP contribution in [-0.4, -0.2) is 28.5 Å². The zero-order valence-electron chi connectivity index (χ0n) is 14.0. The van der Waals surface area contributed by atoms with Gasteiger partial charge in [0.15, 0.2) is 0 Å². The minimum absolute atomic E-state index is 0.141. The molecule has 1 atom stereocenters. The number of ether oxygens (including phenoxy) is 1. The Bertz CT molecular complexity index is 672. The predicted octanol–water partition coefficient (Wildman–Crippen LogP) is 3.50. The molecule has 24 heavy (non-hydrogen) atoms. The Labute approximate surface area is 146 Å². The standard InChI is InChI=1S/C18H21N3O2S/c1-13(2)23-16-9-7-15(8-10-16)12-20-21-18(22)14(3)24-17-6-4-5-11-19-17/h4-14H,1-3H3,(H,21,22)/b20-12+. The number of carbonyl (C=O) groups excluding carboxylic acids is 1. The van der Waals surface area contributed by atoms with Gasteiger partial charge in [0, 0.05) is 6.20 Å². The van der Waals surface area contributed by atoms with Crippen molar-refractivity contribution in [2.24, 2.45) is 5.10 Å². The van der Waals surface area contributed by atoms with E-state index < -0.39 is 0 Å². The third-order valence-electron chi connectivity index (χ3n) is 2.94. The topological polar surface area (TPSA) is 63.6 Å². The number of aromatic nitrogens is 1. The second-order valence-electron chi connectivity index (χ2n) is 5.40. The van der Waals surface area contributed by atoms with Gasteiger partial charge in [-0.3, -0.25) is 4.79 Å². The highest BCUT2D eigenvalue weighted by Crippen LogP contribution is 2.20. The lowest BCUT2D eigenvalue weighted by atomic mass is 10.2.